The molecule has 15 heavy (non-hydrogen) atoms. The highest BCUT2D eigenvalue weighted by Crippen LogP contribution is 1.99. The molecule has 0 aliphatic heterocycles. The van der Waals surface area contributed by atoms with Crippen LogP contribution >= 0.6 is 0 Å². The Labute approximate surface area is 96.3 Å². The maximum Gasteiger partial charge on any atom is 0.137 e. The molecule has 0 atom stereocenters. The SMILES string of the molecule is CCCOCCC[Si]C(OCC)OCC. The molecule has 0 rings (SSSR count). The predicted molar refractivity (Wildman–Crippen MR) is 63.3 cm³/mol. The molecular formula is C11H24O3Si. The van der Waals surface area contributed by atoms with Crippen LogP contribution in [0.15, 0.2) is 0 Å². The van der Waals surface area contributed by atoms with Gasteiger partial charge in [0, 0.05) is 26.4 Å². The smallest absolute Gasteiger partial charge is 0.137 e. The van der Waals surface area contributed by atoms with E-state index in [0.29, 0.717) is 0 Å². The molecular weight excluding hydrogens is 208 g/mol. The number of hydrogen-bond donors (Lipinski definition) is 0. The molecule has 3 nitrogen and oxygen atoms in total. The maximum absolute atomic E-state index is 5.46. The fourth-order valence-electron chi connectivity index (χ4n) is 1.11. The van der Waals surface area contributed by atoms with Gasteiger partial charge in [-0.3, -0.25) is 0 Å². The van der Waals surface area contributed by atoms with Crippen molar-refractivity contribution < 1.29 is 14.2 Å². The van der Waals surface area contributed by atoms with E-state index < -0.39 is 0 Å². The Kier molecular flexibility index (Phi) is 12.2. The molecule has 0 fully saturated rings. The summed E-state index contributed by atoms with van der Waals surface area (Å²) in [7, 11) is 0.724. The van der Waals surface area contributed by atoms with Crippen molar-refractivity contribution in [1.82, 2.24) is 0 Å². The molecule has 0 bridgehead atoms. The Bertz CT molecular complexity index is 116. The summed E-state index contributed by atoms with van der Waals surface area (Å²) in [6, 6.07) is 1.13. The monoisotopic (exact) mass is 232 g/mol. The van der Waals surface area contributed by atoms with Crippen LogP contribution in [-0.4, -0.2) is 41.9 Å². The van der Waals surface area contributed by atoms with E-state index in [0.717, 1.165) is 54.8 Å². The van der Waals surface area contributed by atoms with Crippen LogP contribution in [0.25, 0.3) is 0 Å². The first-order valence-electron chi connectivity index (χ1n) is 5.89. The van der Waals surface area contributed by atoms with Crippen molar-refractivity contribution in [3.63, 3.8) is 0 Å². The molecule has 0 heterocycles. The van der Waals surface area contributed by atoms with Gasteiger partial charge in [0.2, 0.25) is 0 Å². The lowest BCUT2D eigenvalue weighted by molar-refractivity contribution is -0.0828. The lowest BCUT2D eigenvalue weighted by atomic mass is 10.5. The zero-order valence-electron chi connectivity index (χ0n) is 10.3. The molecule has 0 amide bonds. The van der Waals surface area contributed by atoms with E-state index in [1.54, 1.807) is 0 Å². The molecule has 0 spiro atoms. The number of hydrogen-bond acceptors (Lipinski definition) is 3. The summed E-state index contributed by atoms with van der Waals surface area (Å²) in [5, 5.41) is 0. The minimum Gasteiger partial charge on any atom is -0.381 e. The van der Waals surface area contributed by atoms with Crippen molar-refractivity contribution in [1.29, 1.82) is 0 Å². The second-order valence-corrected chi connectivity index (χ2v) is 4.54. The third-order valence-electron chi connectivity index (χ3n) is 1.76. The topological polar surface area (TPSA) is 27.7 Å². The van der Waals surface area contributed by atoms with E-state index in [2.05, 4.69) is 6.92 Å². The molecule has 0 aromatic heterocycles. The van der Waals surface area contributed by atoms with Crippen LogP contribution in [0.4, 0.5) is 0 Å². The average molecular weight is 232 g/mol. The lowest BCUT2D eigenvalue weighted by Crippen LogP contribution is -2.24. The van der Waals surface area contributed by atoms with E-state index >= 15 is 0 Å². The van der Waals surface area contributed by atoms with Gasteiger partial charge >= 0.3 is 0 Å². The van der Waals surface area contributed by atoms with Crippen molar-refractivity contribution >= 4 is 9.52 Å². The average Bonchev–Trinajstić information content (AvgIpc) is 2.24. The lowest BCUT2D eigenvalue weighted by Gasteiger charge is -2.15. The van der Waals surface area contributed by atoms with Crippen LogP contribution < -0.4 is 0 Å². The van der Waals surface area contributed by atoms with Crippen LogP contribution in [0.1, 0.15) is 33.6 Å². The Balaban J connectivity index is 3.28. The summed E-state index contributed by atoms with van der Waals surface area (Å²) in [6.07, 6.45) is 2.21. The van der Waals surface area contributed by atoms with Crippen molar-refractivity contribution in [3.8, 4) is 0 Å². The first-order chi connectivity index (χ1) is 7.35. The number of ether oxygens (including phenoxy) is 3. The molecule has 0 saturated carbocycles. The van der Waals surface area contributed by atoms with Gasteiger partial charge in [-0.05, 0) is 26.7 Å². The van der Waals surface area contributed by atoms with Crippen molar-refractivity contribution in [2.24, 2.45) is 0 Å². The molecule has 0 unspecified atom stereocenters. The first kappa shape index (κ1) is 15.1. The van der Waals surface area contributed by atoms with E-state index in [9.17, 15) is 0 Å². The summed E-state index contributed by atoms with van der Waals surface area (Å²) < 4.78 is 16.3. The Morgan fingerprint density at radius 3 is 2.20 bits per heavy atom. The summed E-state index contributed by atoms with van der Waals surface area (Å²) in [6.45, 7) is 9.33. The summed E-state index contributed by atoms with van der Waals surface area (Å²) in [5.74, 6) is 0.00572. The van der Waals surface area contributed by atoms with E-state index in [4.69, 9.17) is 14.2 Å². The predicted octanol–water partition coefficient (Wildman–Crippen LogP) is 2.28. The fourth-order valence-corrected chi connectivity index (χ4v) is 2.26. The van der Waals surface area contributed by atoms with E-state index in [1.807, 2.05) is 13.8 Å². The van der Waals surface area contributed by atoms with Gasteiger partial charge in [0.05, 0.1) is 0 Å². The zero-order chi connectivity index (χ0) is 11.4. The van der Waals surface area contributed by atoms with Gasteiger partial charge in [-0.1, -0.05) is 13.0 Å². The first-order valence-corrected chi connectivity index (χ1v) is 7.17. The van der Waals surface area contributed by atoms with Crippen molar-refractivity contribution in [2.75, 3.05) is 26.4 Å². The third-order valence-corrected chi connectivity index (χ3v) is 3.07. The third kappa shape index (κ3) is 10.4. The molecule has 0 saturated heterocycles. The molecule has 0 aliphatic carbocycles. The van der Waals surface area contributed by atoms with E-state index in [1.165, 1.54) is 0 Å². The van der Waals surface area contributed by atoms with Crippen LogP contribution in [0.3, 0.4) is 0 Å². The summed E-state index contributed by atoms with van der Waals surface area (Å²) >= 11 is 0. The molecule has 4 heteroatoms. The quantitative estimate of drug-likeness (QED) is 0.311. The highest BCUT2D eigenvalue weighted by molar-refractivity contribution is 6.36. The Hall–Kier alpha value is 0.0969. The standard InChI is InChI=1S/C11H24O3Si/c1-4-8-12-9-7-10-15-11(13-5-2)14-6-3/h11H,4-10H2,1-3H3. The second-order valence-electron chi connectivity index (χ2n) is 3.16. The van der Waals surface area contributed by atoms with Gasteiger partial charge in [0.25, 0.3) is 0 Å². The van der Waals surface area contributed by atoms with E-state index in [-0.39, 0.29) is 5.91 Å². The normalized spacial score (nSPS) is 11.2. The van der Waals surface area contributed by atoms with Crippen molar-refractivity contribution in [3.05, 3.63) is 0 Å². The molecule has 2 radical (unpaired) electrons. The van der Waals surface area contributed by atoms with Gasteiger partial charge in [0.15, 0.2) is 0 Å². The second kappa shape index (κ2) is 12.2. The molecule has 0 aliphatic rings. The highest BCUT2D eigenvalue weighted by atomic mass is 28.2. The van der Waals surface area contributed by atoms with Crippen LogP contribution in [0, 0.1) is 0 Å². The summed E-state index contributed by atoms with van der Waals surface area (Å²) in [5.41, 5.74) is 0. The van der Waals surface area contributed by atoms with Crippen LogP contribution in [-0.2, 0) is 14.2 Å². The van der Waals surface area contributed by atoms with Gasteiger partial charge in [-0.15, -0.1) is 0 Å². The highest BCUT2D eigenvalue weighted by Gasteiger charge is 2.07. The number of rotatable bonds is 11. The Morgan fingerprint density at radius 2 is 1.67 bits per heavy atom. The Morgan fingerprint density at radius 1 is 1.00 bits per heavy atom. The minimum absolute atomic E-state index is 0.00572. The zero-order valence-corrected chi connectivity index (χ0v) is 11.3. The van der Waals surface area contributed by atoms with Crippen LogP contribution in [0.5, 0.6) is 0 Å². The van der Waals surface area contributed by atoms with Gasteiger partial charge in [-0.2, -0.15) is 0 Å². The van der Waals surface area contributed by atoms with Crippen LogP contribution in [0.2, 0.25) is 6.04 Å². The van der Waals surface area contributed by atoms with Crippen molar-refractivity contribution in [2.45, 2.75) is 45.6 Å². The molecule has 90 valence electrons. The summed E-state index contributed by atoms with van der Waals surface area (Å²) in [4.78, 5) is 0. The van der Waals surface area contributed by atoms with Gasteiger partial charge in [0.1, 0.15) is 15.4 Å². The fraction of sp³-hybridized carbons (Fsp3) is 1.00. The minimum atomic E-state index is 0.00572. The molecule has 0 N–H and O–H groups in total. The largest absolute Gasteiger partial charge is 0.381 e. The van der Waals surface area contributed by atoms with Gasteiger partial charge in [-0.25, -0.2) is 0 Å². The maximum atomic E-state index is 5.46. The molecule has 0 aromatic carbocycles. The molecule has 0 aromatic rings. The van der Waals surface area contributed by atoms with Gasteiger partial charge < -0.3 is 14.2 Å².